The second kappa shape index (κ2) is 7.63. The van der Waals surface area contributed by atoms with Crippen molar-refractivity contribution >= 4 is 34.0 Å². The quantitative estimate of drug-likeness (QED) is 0.472. The molecule has 0 saturated carbocycles. The number of nitrogens with one attached hydrogen (secondary N) is 2. The number of hydrogen-bond donors (Lipinski definition) is 2. The van der Waals surface area contributed by atoms with E-state index >= 15 is 0 Å². The van der Waals surface area contributed by atoms with Crippen molar-refractivity contribution in [1.29, 1.82) is 0 Å². The molecule has 0 amide bonds. The molecule has 4 aromatic rings. The molecule has 4 rings (SSSR count). The van der Waals surface area contributed by atoms with E-state index in [0.717, 1.165) is 22.2 Å². The Hall–Kier alpha value is -3.26. The SMILES string of the molecule is COc1ccc2[nH]cc(CCn3c(=S)[nH]c4cc(OC)c(OC)cc4c3=O)c2c1. The summed E-state index contributed by atoms with van der Waals surface area (Å²) in [5.74, 6) is 1.83. The number of methoxy groups -OCH3 is 3. The van der Waals surface area contributed by atoms with Gasteiger partial charge >= 0.3 is 0 Å². The summed E-state index contributed by atoms with van der Waals surface area (Å²) in [7, 11) is 4.74. The Morgan fingerprint density at radius 1 is 0.966 bits per heavy atom. The van der Waals surface area contributed by atoms with E-state index in [0.29, 0.717) is 40.1 Å². The predicted molar refractivity (Wildman–Crippen MR) is 115 cm³/mol. The van der Waals surface area contributed by atoms with Gasteiger partial charge < -0.3 is 24.2 Å². The second-order valence-corrected chi connectivity index (χ2v) is 7.00. The van der Waals surface area contributed by atoms with Gasteiger partial charge in [0.15, 0.2) is 16.3 Å². The van der Waals surface area contributed by atoms with E-state index < -0.39 is 0 Å². The number of hydrogen-bond acceptors (Lipinski definition) is 5. The molecule has 2 aromatic carbocycles. The first-order chi connectivity index (χ1) is 14.0. The van der Waals surface area contributed by atoms with Gasteiger partial charge in [0.05, 0.1) is 32.2 Å². The first-order valence-electron chi connectivity index (χ1n) is 9.08. The summed E-state index contributed by atoms with van der Waals surface area (Å²) in [6.45, 7) is 0.447. The molecule has 2 aromatic heterocycles. The summed E-state index contributed by atoms with van der Waals surface area (Å²) in [6.07, 6.45) is 2.60. The number of aromatic amines is 2. The Morgan fingerprint density at radius 2 is 1.72 bits per heavy atom. The van der Waals surface area contributed by atoms with Gasteiger partial charge in [0.1, 0.15) is 5.75 Å². The van der Waals surface area contributed by atoms with Crippen molar-refractivity contribution in [3.05, 3.63) is 57.2 Å². The van der Waals surface area contributed by atoms with Crippen LogP contribution in [0.4, 0.5) is 0 Å². The van der Waals surface area contributed by atoms with Gasteiger partial charge in [-0.2, -0.15) is 0 Å². The molecule has 0 aliphatic carbocycles. The fraction of sp³-hybridized carbons (Fsp3) is 0.238. The van der Waals surface area contributed by atoms with Gasteiger partial charge in [-0.1, -0.05) is 0 Å². The number of ether oxygens (including phenoxy) is 3. The van der Waals surface area contributed by atoms with Crippen LogP contribution in [0.3, 0.4) is 0 Å². The van der Waals surface area contributed by atoms with Crippen LogP contribution in [0, 0.1) is 4.77 Å². The largest absolute Gasteiger partial charge is 0.497 e. The van der Waals surface area contributed by atoms with Crippen molar-refractivity contribution in [3.8, 4) is 17.2 Å². The number of fused-ring (bicyclic) bond motifs is 2. The van der Waals surface area contributed by atoms with Crippen LogP contribution in [0.15, 0.2) is 41.3 Å². The lowest BCUT2D eigenvalue weighted by molar-refractivity contribution is 0.355. The van der Waals surface area contributed by atoms with Crippen LogP contribution in [0.5, 0.6) is 17.2 Å². The van der Waals surface area contributed by atoms with Crippen LogP contribution >= 0.6 is 12.2 Å². The third-order valence-electron chi connectivity index (χ3n) is 5.07. The average Bonchev–Trinajstić information content (AvgIpc) is 3.14. The first-order valence-corrected chi connectivity index (χ1v) is 9.49. The molecular formula is C21H21N3O4S. The Kier molecular flexibility index (Phi) is 5.02. The van der Waals surface area contributed by atoms with Gasteiger partial charge in [-0.25, -0.2) is 0 Å². The molecule has 150 valence electrons. The van der Waals surface area contributed by atoms with Crippen LogP contribution < -0.4 is 19.8 Å². The molecular weight excluding hydrogens is 390 g/mol. The summed E-state index contributed by atoms with van der Waals surface area (Å²) in [6, 6.07) is 9.28. The molecule has 29 heavy (non-hydrogen) atoms. The molecule has 2 N–H and O–H groups in total. The molecule has 8 heteroatoms. The van der Waals surface area contributed by atoms with Crippen molar-refractivity contribution in [3.63, 3.8) is 0 Å². The van der Waals surface area contributed by atoms with Crippen LogP contribution in [0.25, 0.3) is 21.8 Å². The van der Waals surface area contributed by atoms with Crippen LogP contribution in [0.1, 0.15) is 5.56 Å². The molecule has 0 aliphatic rings. The maximum absolute atomic E-state index is 13.1. The van der Waals surface area contributed by atoms with E-state index in [1.807, 2.05) is 24.4 Å². The molecule has 0 aliphatic heterocycles. The summed E-state index contributed by atoms with van der Waals surface area (Å²) in [5, 5.41) is 1.57. The van der Waals surface area contributed by atoms with Crippen LogP contribution in [-0.4, -0.2) is 35.9 Å². The first kappa shape index (κ1) is 19.1. The topological polar surface area (TPSA) is 81.3 Å². The van der Waals surface area contributed by atoms with E-state index in [1.54, 1.807) is 38.0 Å². The summed E-state index contributed by atoms with van der Waals surface area (Å²) >= 11 is 5.45. The lowest BCUT2D eigenvalue weighted by atomic mass is 10.1. The van der Waals surface area contributed by atoms with Crippen molar-refractivity contribution in [2.45, 2.75) is 13.0 Å². The zero-order chi connectivity index (χ0) is 20.5. The minimum absolute atomic E-state index is 0.165. The maximum atomic E-state index is 13.1. The fourth-order valence-corrected chi connectivity index (χ4v) is 3.79. The number of aryl methyl sites for hydroxylation is 1. The van der Waals surface area contributed by atoms with Gasteiger partial charge in [0, 0.05) is 29.7 Å². The smallest absolute Gasteiger partial charge is 0.262 e. The summed E-state index contributed by atoms with van der Waals surface area (Å²) in [4.78, 5) is 19.5. The van der Waals surface area contributed by atoms with Crippen molar-refractivity contribution in [1.82, 2.24) is 14.5 Å². The highest BCUT2D eigenvalue weighted by atomic mass is 32.1. The van der Waals surface area contributed by atoms with Crippen LogP contribution in [-0.2, 0) is 13.0 Å². The van der Waals surface area contributed by atoms with E-state index in [4.69, 9.17) is 26.4 Å². The minimum atomic E-state index is -0.165. The number of rotatable bonds is 6. The number of benzene rings is 2. The van der Waals surface area contributed by atoms with Crippen LogP contribution in [0.2, 0.25) is 0 Å². The zero-order valence-electron chi connectivity index (χ0n) is 16.4. The molecule has 7 nitrogen and oxygen atoms in total. The Balaban J connectivity index is 1.73. The Bertz CT molecular complexity index is 1320. The highest BCUT2D eigenvalue weighted by molar-refractivity contribution is 7.71. The number of H-pyrrole nitrogens is 2. The Morgan fingerprint density at radius 3 is 2.45 bits per heavy atom. The molecule has 0 spiro atoms. The van der Waals surface area contributed by atoms with Crippen molar-refractivity contribution in [2.75, 3.05) is 21.3 Å². The predicted octanol–water partition coefficient (Wildman–Crippen LogP) is 3.81. The average molecular weight is 411 g/mol. The highest BCUT2D eigenvalue weighted by Gasteiger charge is 2.13. The molecule has 0 saturated heterocycles. The molecule has 0 fully saturated rings. The fourth-order valence-electron chi connectivity index (χ4n) is 3.51. The standard InChI is InChI=1S/C21H21N3O4S/c1-26-13-4-5-16-14(8-13)12(11-22-16)6-7-24-20(25)15-9-18(27-2)19(28-3)10-17(15)23-21(24)29/h4-5,8-11,22H,6-7H2,1-3H3,(H,23,29). The summed E-state index contributed by atoms with van der Waals surface area (Å²) in [5.41, 5.74) is 2.56. The third kappa shape index (κ3) is 3.36. The van der Waals surface area contributed by atoms with Gasteiger partial charge in [0.25, 0.3) is 5.56 Å². The monoisotopic (exact) mass is 411 g/mol. The van der Waals surface area contributed by atoms with Gasteiger partial charge in [-0.3, -0.25) is 9.36 Å². The van der Waals surface area contributed by atoms with Crippen molar-refractivity contribution < 1.29 is 14.2 Å². The molecule has 0 atom stereocenters. The summed E-state index contributed by atoms with van der Waals surface area (Å²) < 4.78 is 17.9. The lowest BCUT2D eigenvalue weighted by Crippen LogP contribution is -2.23. The number of nitrogens with zero attached hydrogens (tertiary/aromatic N) is 1. The lowest BCUT2D eigenvalue weighted by Gasteiger charge is -2.11. The zero-order valence-corrected chi connectivity index (χ0v) is 17.2. The van der Waals surface area contributed by atoms with E-state index in [-0.39, 0.29) is 5.56 Å². The maximum Gasteiger partial charge on any atom is 0.262 e. The van der Waals surface area contributed by atoms with Crippen molar-refractivity contribution in [2.24, 2.45) is 0 Å². The van der Waals surface area contributed by atoms with Gasteiger partial charge in [0.2, 0.25) is 0 Å². The molecule has 0 unspecified atom stereocenters. The van der Waals surface area contributed by atoms with E-state index in [1.165, 1.54) is 0 Å². The van der Waals surface area contributed by atoms with E-state index in [9.17, 15) is 4.79 Å². The van der Waals surface area contributed by atoms with Gasteiger partial charge in [-0.05, 0) is 48.5 Å². The molecule has 0 bridgehead atoms. The second-order valence-electron chi connectivity index (χ2n) is 6.62. The number of aromatic nitrogens is 3. The molecule has 2 heterocycles. The Labute approximate surface area is 171 Å². The third-order valence-corrected chi connectivity index (χ3v) is 5.39. The normalized spacial score (nSPS) is 11.1. The highest BCUT2D eigenvalue weighted by Crippen LogP contribution is 2.30. The van der Waals surface area contributed by atoms with Gasteiger partial charge in [-0.15, -0.1) is 0 Å². The minimum Gasteiger partial charge on any atom is -0.497 e. The van der Waals surface area contributed by atoms with E-state index in [2.05, 4.69) is 9.97 Å². The molecule has 0 radical (unpaired) electrons.